The molecule has 1 aromatic rings. The van der Waals surface area contributed by atoms with Crippen molar-refractivity contribution in [2.24, 2.45) is 0 Å². The quantitative estimate of drug-likeness (QED) is 0.623. The molecule has 1 amide bonds. The monoisotopic (exact) mass is 246 g/mol. The van der Waals surface area contributed by atoms with Crippen molar-refractivity contribution in [1.82, 2.24) is 4.90 Å². The second-order valence-electron chi connectivity index (χ2n) is 4.51. The van der Waals surface area contributed by atoms with Crippen LogP contribution >= 0.6 is 0 Å². The molecule has 1 saturated heterocycles. The largest absolute Gasteiger partial charge is 0.399 e. The molecule has 1 unspecified atom stereocenters. The Morgan fingerprint density at radius 1 is 1.56 bits per heavy atom. The van der Waals surface area contributed by atoms with Crippen LogP contribution in [0.5, 0.6) is 0 Å². The Bertz CT molecular complexity index is 457. The first kappa shape index (κ1) is 12.6. The Kier molecular flexibility index (Phi) is 3.99. The number of carbonyl (C=O) groups is 1. The number of likely N-dealkylation sites (tertiary alicyclic amines) is 1. The van der Waals surface area contributed by atoms with Gasteiger partial charge >= 0.3 is 0 Å². The lowest BCUT2D eigenvalue weighted by molar-refractivity contribution is -0.127. The van der Waals surface area contributed by atoms with Gasteiger partial charge in [-0.25, -0.2) is 0 Å². The van der Waals surface area contributed by atoms with Crippen LogP contribution < -0.4 is 5.73 Å². The van der Waals surface area contributed by atoms with E-state index in [2.05, 4.69) is 0 Å². The van der Waals surface area contributed by atoms with E-state index in [1.54, 1.807) is 23.1 Å². The molecule has 1 aromatic carbocycles. The number of aliphatic hydroxyl groups excluding tert-OH is 1. The van der Waals surface area contributed by atoms with Crippen LogP contribution in [-0.2, 0) is 4.79 Å². The smallest absolute Gasteiger partial charge is 0.246 e. The van der Waals surface area contributed by atoms with Crippen molar-refractivity contribution in [3.63, 3.8) is 0 Å². The minimum Gasteiger partial charge on any atom is -0.399 e. The Morgan fingerprint density at radius 3 is 3.11 bits per heavy atom. The zero-order valence-electron chi connectivity index (χ0n) is 10.2. The van der Waals surface area contributed by atoms with Crippen LogP contribution in [0.1, 0.15) is 18.4 Å². The number of nitrogens with two attached hydrogens (primary N) is 1. The average molecular weight is 246 g/mol. The second kappa shape index (κ2) is 5.69. The van der Waals surface area contributed by atoms with Gasteiger partial charge in [-0.05, 0) is 36.6 Å². The molecule has 0 aliphatic carbocycles. The molecule has 1 aliphatic rings. The normalized spacial score (nSPS) is 19.6. The van der Waals surface area contributed by atoms with E-state index in [4.69, 9.17) is 5.73 Å². The van der Waals surface area contributed by atoms with Gasteiger partial charge in [0.25, 0.3) is 0 Å². The zero-order valence-corrected chi connectivity index (χ0v) is 10.2. The highest BCUT2D eigenvalue weighted by Crippen LogP contribution is 2.17. The molecular formula is C14H18N2O2. The second-order valence-corrected chi connectivity index (χ2v) is 4.51. The number of anilines is 1. The first-order chi connectivity index (χ1) is 8.70. The van der Waals surface area contributed by atoms with Gasteiger partial charge < -0.3 is 15.7 Å². The van der Waals surface area contributed by atoms with E-state index in [0.717, 1.165) is 24.9 Å². The van der Waals surface area contributed by atoms with Gasteiger partial charge in [-0.2, -0.15) is 0 Å². The maximum atomic E-state index is 12.0. The summed E-state index contributed by atoms with van der Waals surface area (Å²) in [6.07, 6.45) is 5.14. The SMILES string of the molecule is Nc1cccc(/C=C/C(=O)N2CCCC2CO)c1. The third kappa shape index (κ3) is 2.90. The van der Waals surface area contributed by atoms with Gasteiger partial charge in [0.1, 0.15) is 0 Å². The van der Waals surface area contributed by atoms with Crippen LogP contribution in [-0.4, -0.2) is 35.1 Å². The van der Waals surface area contributed by atoms with Crippen molar-refractivity contribution in [1.29, 1.82) is 0 Å². The maximum absolute atomic E-state index is 12.0. The lowest BCUT2D eigenvalue weighted by Crippen LogP contribution is -2.36. The summed E-state index contributed by atoms with van der Waals surface area (Å²) in [4.78, 5) is 13.7. The highest BCUT2D eigenvalue weighted by molar-refractivity contribution is 5.92. The molecule has 2 rings (SSSR count). The number of hydrogen-bond donors (Lipinski definition) is 2. The summed E-state index contributed by atoms with van der Waals surface area (Å²) in [6.45, 7) is 0.767. The summed E-state index contributed by atoms with van der Waals surface area (Å²) in [7, 11) is 0. The number of rotatable bonds is 3. The minimum absolute atomic E-state index is 0.0250. The molecule has 96 valence electrons. The maximum Gasteiger partial charge on any atom is 0.246 e. The molecule has 1 fully saturated rings. The Morgan fingerprint density at radius 2 is 2.39 bits per heavy atom. The Balaban J connectivity index is 2.02. The number of nitrogens with zero attached hydrogens (tertiary/aromatic N) is 1. The standard InChI is InChI=1S/C14H18N2O2/c15-12-4-1-3-11(9-12)6-7-14(18)16-8-2-5-13(16)10-17/h1,3-4,6-7,9,13,17H,2,5,8,10,15H2/b7-6+. The molecule has 1 heterocycles. The number of hydrogen-bond acceptors (Lipinski definition) is 3. The summed E-state index contributed by atoms with van der Waals surface area (Å²) in [6, 6.07) is 7.35. The summed E-state index contributed by atoms with van der Waals surface area (Å²) in [5, 5.41) is 9.17. The van der Waals surface area contributed by atoms with Crippen LogP contribution in [0, 0.1) is 0 Å². The van der Waals surface area contributed by atoms with Gasteiger partial charge in [-0.3, -0.25) is 4.79 Å². The number of amides is 1. The molecule has 4 nitrogen and oxygen atoms in total. The summed E-state index contributed by atoms with van der Waals surface area (Å²) >= 11 is 0. The van der Waals surface area contributed by atoms with Crippen molar-refractivity contribution in [3.8, 4) is 0 Å². The van der Waals surface area contributed by atoms with Crippen LogP contribution in [0.15, 0.2) is 30.3 Å². The van der Waals surface area contributed by atoms with E-state index in [9.17, 15) is 9.90 Å². The van der Waals surface area contributed by atoms with Crippen LogP contribution in [0.25, 0.3) is 6.08 Å². The molecule has 18 heavy (non-hydrogen) atoms. The lowest BCUT2D eigenvalue weighted by Gasteiger charge is -2.21. The van der Waals surface area contributed by atoms with Crippen LogP contribution in [0.4, 0.5) is 5.69 Å². The predicted molar refractivity (Wildman–Crippen MR) is 71.7 cm³/mol. The first-order valence-electron chi connectivity index (χ1n) is 6.16. The fraction of sp³-hybridized carbons (Fsp3) is 0.357. The van der Waals surface area contributed by atoms with E-state index in [1.807, 2.05) is 18.2 Å². The van der Waals surface area contributed by atoms with Gasteiger partial charge in [-0.1, -0.05) is 12.1 Å². The molecule has 1 aliphatic heterocycles. The molecule has 0 spiro atoms. The summed E-state index contributed by atoms with van der Waals surface area (Å²) < 4.78 is 0. The Hall–Kier alpha value is -1.81. The van der Waals surface area contributed by atoms with E-state index in [-0.39, 0.29) is 18.6 Å². The van der Waals surface area contributed by atoms with Crippen LogP contribution in [0.3, 0.4) is 0 Å². The average Bonchev–Trinajstić information content (AvgIpc) is 2.84. The van der Waals surface area contributed by atoms with Gasteiger partial charge in [-0.15, -0.1) is 0 Å². The van der Waals surface area contributed by atoms with Crippen molar-refractivity contribution in [3.05, 3.63) is 35.9 Å². The Labute approximate surface area is 107 Å². The third-order valence-corrected chi connectivity index (χ3v) is 3.20. The molecule has 4 heteroatoms. The topological polar surface area (TPSA) is 66.6 Å². The highest BCUT2D eigenvalue weighted by atomic mass is 16.3. The van der Waals surface area contributed by atoms with E-state index < -0.39 is 0 Å². The molecule has 1 atom stereocenters. The molecule has 0 saturated carbocycles. The van der Waals surface area contributed by atoms with E-state index in [1.165, 1.54) is 0 Å². The van der Waals surface area contributed by atoms with Gasteiger partial charge in [0, 0.05) is 18.3 Å². The van der Waals surface area contributed by atoms with Gasteiger partial charge in [0.15, 0.2) is 0 Å². The molecule has 0 bridgehead atoms. The molecule has 3 N–H and O–H groups in total. The van der Waals surface area contributed by atoms with Gasteiger partial charge in [0.05, 0.1) is 12.6 Å². The van der Waals surface area contributed by atoms with Crippen molar-refractivity contribution in [2.45, 2.75) is 18.9 Å². The number of aliphatic hydroxyl groups is 1. The fourth-order valence-corrected chi connectivity index (χ4v) is 2.24. The molecular weight excluding hydrogens is 228 g/mol. The van der Waals surface area contributed by atoms with Gasteiger partial charge in [0.2, 0.25) is 5.91 Å². The van der Waals surface area contributed by atoms with Crippen LogP contribution in [0.2, 0.25) is 0 Å². The number of benzene rings is 1. The van der Waals surface area contributed by atoms with Crippen molar-refractivity contribution >= 4 is 17.7 Å². The lowest BCUT2D eigenvalue weighted by atomic mass is 10.2. The molecule has 0 radical (unpaired) electrons. The minimum atomic E-state index is -0.0472. The fourth-order valence-electron chi connectivity index (χ4n) is 2.24. The highest BCUT2D eigenvalue weighted by Gasteiger charge is 2.26. The summed E-state index contributed by atoms with van der Waals surface area (Å²) in [5.74, 6) is -0.0472. The molecule has 0 aromatic heterocycles. The number of nitrogen functional groups attached to an aromatic ring is 1. The van der Waals surface area contributed by atoms with E-state index >= 15 is 0 Å². The van der Waals surface area contributed by atoms with Crippen molar-refractivity contribution < 1.29 is 9.90 Å². The predicted octanol–water partition coefficient (Wildman–Crippen LogP) is 1.27. The third-order valence-electron chi connectivity index (χ3n) is 3.20. The first-order valence-corrected chi connectivity index (χ1v) is 6.16. The van der Waals surface area contributed by atoms with E-state index in [0.29, 0.717) is 5.69 Å². The number of carbonyl (C=O) groups excluding carboxylic acids is 1. The van der Waals surface area contributed by atoms with Crippen molar-refractivity contribution in [2.75, 3.05) is 18.9 Å². The summed E-state index contributed by atoms with van der Waals surface area (Å²) in [5.41, 5.74) is 7.25. The zero-order chi connectivity index (χ0) is 13.0.